The van der Waals surface area contributed by atoms with E-state index in [4.69, 9.17) is 4.74 Å². The van der Waals surface area contributed by atoms with E-state index in [1.807, 2.05) is 0 Å². The summed E-state index contributed by atoms with van der Waals surface area (Å²) in [6, 6.07) is 8.08. The minimum Gasteiger partial charge on any atom is -0.496 e. The van der Waals surface area contributed by atoms with Gasteiger partial charge in [0.25, 0.3) is 5.91 Å². The van der Waals surface area contributed by atoms with Crippen LogP contribution < -0.4 is 9.47 Å². The van der Waals surface area contributed by atoms with Gasteiger partial charge in [-0.15, -0.1) is 13.2 Å². The molecular weight excluding hydrogens is 385 g/mol. The highest BCUT2D eigenvalue weighted by Gasteiger charge is 2.42. The molecule has 2 atom stereocenters. The van der Waals surface area contributed by atoms with Crippen molar-refractivity contribution in [3.05, 3.63) is 59.4 Å². The van der Waals surface area contributed by atoms with E-state index < -0.39 is 36.0 Å². The highest BCUT2D eigenvalue weighted by atomic mass is 19.4. The van der Waals surface area contributed by atoms with Crippen molar-refractivity contribution < 1.29 is 36.2 Å². The number of carbonyl (C=O) groups is 1. The van der Waals surface area contributed by atoms with Gasteiger partial charge >= 0.3 is 6.36 Å². The van der Waals surface area contributed by atoms with E-state index in [1.165, 1.54) is 37.4 Å². The fraction of sp³-hybridized carbons (Fsp3) is 0.316. The molecule has 0 aliphatic carbocycles. The standard InChI is InChI=1S/C19H16F5NO3/c1-27-16-4-2-3-13(20)17(16)15-9-14(21)18(26)25(15)10-11-5-7-12(8-6-11)28-19(22,23)24/h2-8,14-15H,9-10H2,1H3/t14-,15+/m0/s1. The van der Waals surface area contributed by atoms with E-state index in [1.54, 1.807) is 0 Å². The summed E-state index contributed by atoms with van der Waals surface area (Å²) in [5.74, 6) is -1.68. The third kappa shape index (κ3) is 4.18. The third-order valence-corrected chi connectivity index (χ3v) is 4.43. The molecule has 150 valence electrons. The predicted molar refractivity (Wildman–Crippen MR) is 88.9 cm³/mol. The first-order chi connectivity index (χ1) is 13.2. The molecule has 0 N–H and O–H groups in total. The number of methoxy groups -OCH3 is 1. The Labute approximate surface area is 157 Å². The van der Waals surface area contributed by atoms with Crippen LogP contribution in [0.5, 0.6) is 11.5 Å². The molecule has 2 aromatic rings. The average Bonchev–Trinajstić information content (AvgIpc) is 2.90. The number of amides is 1. The highest BCUT2D eigenvalue weighted by Crippen LogP contribution is 2.41. The van der Waals surface area contributed by atoms with Crippen molar-refractivity contribution >= 4 is 5.91 Å². The van der Waals surface area contributed by atoms with Gasteiger partial charge in [-0.25, -0.2) is 8.78 Å². The average molecular weight is 401 g/mol. The highest BCUT2D eigenvalue weighted by molar-refractivity contribution is 5.84. The Hall–Kier alpha value is -2.84. The van der Waals surface area contributed by atoms with Gasteiger partial charge in [0.2, 0.25) is 0 Å². The number of hydrogen-bond acceptors (Lipinski definition) is 3. The smallest absolute Gasteiger partial charge is 0.496 e. The molecule has 28 heavy (non-hydrogen) atoms. The maximum atomic E-state index is 14.4. The minimum atomic E-state index is -4.82. The second-order valence-electron chi connectivity index (χ2n) is 6.23. The second-order valence-corrected chi connectivity index (χ2v) is 6.23. The van der Waals surface area contributed by atoms with Crippen molar-refractivity contribution in [3.8, 4) is 11.5 Å². The fourth-order valence-corrected chi connectivity index (χ4v) is 3.23. The van der Waals surface area contributed by atoms with Gasteiger partial charge in [0, 0.05) is 13.0 Å². The molecule has 0 aromatic heterocycles. The summed E-state index contributed by atoms with van der Waals surface area (Å²) in [7, 11) is 1.34. The van der Waals surface area contributed by atoms with Gasteiger partial charge < -0.3 is 14.4 Å². The summed E-state index contributed by atoms with van der Waals surface area (Å²) in [5.41, 5.74) is 0.507. The van der Waals surface area contributed by atoms with Gasteiger partial charge in [-0.3, -0.25) is 4.79 Å². The lowest BCUT2D eigenvalue weighted by Crippen LogP contribution is -2.30. The van der Waals surface area contributed by atoms with Gasteiger partial charge in [0.1, 0.15) is 17.3 Å². The maximum Gasteiger partial charge on any atom is 0.573 e. The Bertz CT molecular complexity index is 854. The molecule has 1 saturated heterocycles. The Morgan fingerprint density at radius 1 is 1.14 bits per heavy atom. The summed E-state index contributed by atoms with van der Waals surface area (Å²) < 4.78 is 74.2. The summed E-state index contributed by atoms with van der Waals surface area (Å²) in [6.07, 6.45) is -6.87. The van der Waals surface area contributed by atoms with Gasteiger partial charge in [-0.05, 0) is 29.8 Å². The maximum absolute atomic E-state index is 14.4. The molecular formula is C19H16F5NO3. The van der Waals surface area contributed by atoms with Crippen molar-refractivity contribution in [3.63, 3.8) is 0 Å². The first kappa shape index (κ1) is 19.9. The molecule has 0 spiro atoms. The van der Waals surface area contributed by atoms with Gasteiger partial charge in [0.05, 0.1) is 18.7 Å². The molecule has 0 bridgehead atoms. The van der Waals surface area contributed by atoms with Crippen molar-refractivity contribution in [1.82, 2.24) is 4.90 Å². The van der Waals surface area contributed by atoms with E-state index in [0.29, 0.717) is 5.56 Å². The monoisotopic (exact) mass is 401 g/mol. The number of halogens is 5. The molecule has 1 fully saturated rings. The zero-order valence-corrected chi connectivity index (χ0v) is 14.7. The predicted octanol–water partition coefficient (Wildman–Crippen LogP) is 4.54. The Morgan fingerprint density at radius 2 is 1.82 bits per heavy atom. The summed E-state index contributed by atoms with van der Waals surface area (Å²) >= 11 is 0. The van der Waals surface area contributed by atoms with E-state index in [9.17, 15) is 26.7 Å². The number of hydrogen-bond donors (Lipinski definition) is 0. The molecule has 1 heterocycles. The van der Waals surface area contributed by atoms with Crippen LogP contribution in [0.15, 0.2) is 42.5 Å². The van der Waals surface area contributed by atoms with E-state index in [2.05, 4.69) is 4.74 Å². The van der Waals surface area contributed by atoms with Crippen LogP contribution in [-0.2, 0) is 11.3 Å². The second kappa shape index (κ2) is 7.65. The molecule has 9 heteroatoms. The van der Waals surface area contributed by atoms with Crippen LogP contribution in [0.25, 0.3) is 0 Å². The summed E-state index contributed by atoms with van der Waals surface area (Å²) in [6.45, 7) is -0.103. The number of ether oxygens (including phenoxy) is 2. The van der Waals surface area contributed by atoms with Crippen LogP contribution in [0.2, 0.25) is 0 Å². The number of likely N-dealkylation sites (tertiary alicyclic amines) is 1. The molecule has 1 amide bonds. The Balaban J connectivity index is 1.86. The third-order valence-electron chi connectivity index (χ3n) is 4.43. The van der Waals surface area contributed by atoms with Crippen LogP contribution in [0.4, 0.5) is 22.0 Å². The van der Waals surface area contributed by atoms with Crippen molar-refractivity contribution in [2.45, 2.75) is 31.5 Å². The van der Waals surface area contributed by atoms with Gasteiger partial charge in [0.15, 0.2) is 6.17 Å². The van der Waals surface area contributed by atoms with Crippen molar-refractivity contribution in [1.29, 1.82) is 0 Å². The molecule has 3 rings (SSSR count). The lowest BCUT2D eigenvalue weighted by Gasteiger charge is -2.26. The molecule has 2 aromatic carbocycles. The molecule has 0 saturated carbocycles. The lowest BCUT2D eigenvalue weighted by atomic mass is 10.0. The van der Waals surface area contributed by atoms with Gasteiger partial charge in [-0.2, -0.15) is 0 Å². The summed E-state index contributed by atoms with van der Waals surface area (Å²) in [4.78, 5) is 13.4. The van der Waals surface area contributed by atoms with Crippen LogP contribution in [0, 0.1) is 5.82 Å². The zero-order chi connectivity index (χ0) is 20.5. The molecule has 0 radical (unpaired) electrons. The Morgan fingerprint density at radius 3 is 2.43 bits per heavy atom. The van der Waals surface area contributed by atoms with Crippen LogP contribution in [0.1, 0.15) is 23.6 Å². The summed E-state index contributed by atoms with van der Waals surface area (Å²) in [5, 5.41) is 0. The normalized spacial score (nSPS) is 19.8. The SMILES string of the molecule is COc1cccc(F)c1[C@H]1C[C@H](F)C(=O)N1Cc1ccc(OC(F)(F)F)cc1. The minimum absolute atomic E-state index is 0.0653. The molecule has 0 unspecified atom stereocenters. The first-order valence-electron chi connectivity index (χ1n) is 8.31. The number of alkyl halides is 4. The van der Waals surface area contributed by atoms with Gasteiger partial charge in [-0.1, -0.05) is 18.2 Å². The number of nitrogens with zero attached hydrogens (tertiary/aromatic N) is 1. The van der Waals surface area contributed by atoms with E-state index >= 15 is 0 Å². The van der Waals surface area contributed by atoms with Crippen LogP contribution in [-0.4, -0.2) is 30.5 Å². The molecule has 1 aliphatic heterocycles. The Kier molecular flexibility index (Phi) is 5.44. The lowest BCUT2D eigenvalue weighted by molar-refractivity contribution is -0.274. The topological polar surface area (TPSA) is 38.8 Å². The van der Waals surface area contributed by atoms with Crippen molar-refractivity contribution in [2.24, 2.45) is 0 Å². The van der Waals surface area contributed by atoms with E-state index in [0.717, 1.165) is 17.0 Å². The quantitative estimate of drug-likeness (QED) is 0.691. The largest absolute Gasteiger partial charge is 0.573 e. The number of benzene rings is 2. The number of carbonyl (C=O) groups excluding carboxylic acids is 1. The van der Waals surface area contributed by atoms with Crippen LogP contribution >= 0.6 is 0 Å². The van der Waals surface area contributed by atoms with Crippen molar-refractivity contribution in [2.75, 3.05) is 7.11 Å². The fourth-order valence-electron chi connectivity index (χ4n) is 3.23. The first-order valence-corrected chi connectivity index (χ1v) is 8.31. The van der Waals surface area contributed by atoms with E-state index in [-0.39, 0.29) is 24.3 Å². The molecule has 4 nitrogen and oxygen atoms in total. The van der Waals surface area contributed by atoms with Crippen LogP contribution in [0.3, 0.4) is 0 Å². The number of rotatable bonds is 5. The molecule has 1 aliphatic rings. The zero-order valence-electron chi connectivity index (χ0n) is 14.7.